The van der Waals surface area contributed by atoms with Gasteiger partial charge in [0, 0.05) is 24.6 Å². The predicted molar refractivity (Wildman–Crippen MR) is 114 cm³/mol. The van der Waals surface area contributed by atoms with Crippen LogP contribution in [-0.2, 0) is 15.8 Å². The van der Waals surface area contributed by atoms with E-state index in [2.05, 4.69) is 58.2 Å². The van der Waals surface area contributed by atoms with Crippen molar-refractivity contribution in [3.8, 4) is 0 Å². The first-order valence-electron chi connectivity index (χ1n) is 10.3. The fraction of sp³-hybridized carbons (Fsp3) is 0.727. The Morgan fingerprint density at radius 3 is 2.37 bits per heavy atom. The molecule has 1 saturated heterocycles. The summed E-state index contributed by atoms with van der Waals surface area (Å²) in [5, 5.41) is 13.6. The van der Waals surface area contributed by atoms with Crippen molar-refractivity contribution in [2.24, 2.45) is 11.8 Å². The molecule has 0 aromatic heterocycles. The molecule has 1 heterocycles. The summed E-state index contributed by atoms with van der Waals surface area (Å²) in [5.74, 6) is 0.759. The SMILES string of the molecule is C[C@H]1N[C@@H](CO)[C@@H](COCc2ccccc2)C[C@H]1CO[Si](C)(C)C(C)(C)C. The van der Waals surface area contributed by atoms with E-state index in [0.29, 0.717) is 31.1 Å². The molecule has 0 bridgehead atoms. The summed E-state index contributed by atoms with van der Waals surface area (Å²) < 4.78 is 12.5. The number of benzene rings is 1. The number of aliphatic hydroxyl groups excluding tert-OH is 1. The molecule has 4 nitrogen and oxygen atoms in total. The number of rotatable bonds is 8. The highest BCUT2D eigenvalue weighted by atomic mass is 28.4. The number of hydrogen-bond donors (Lipinski definition) is 2. The van der Waals surface area contributed by atoms with Gasteiger partial charge in [-0.2, -0.15) is 0 Å². The molecule has 1 fully saturated rings. The van der Waals surface area contributed by atoms with Crippen LogP contribution in [-0.4, -0.2) is 45.3 Å². The van der Waals surface area contributed by atoms with Gasteiger partial charge in [-0.05, 0) is 43.0 Å². The lowest BCUT2D eigenvalue weighted by molar-refractivity contribution is 0.0156. The van der Waals surface area contributed by atoms with E-state index in [1.165, 1.54) is 5.56 Å². The Labute approximate surface area is 166 Å². The third-order valence-electron chi connectivity index (χ3n) is 6.46. The zero-order valence-corrected chi connectivity index (χ0v) is 19.0. The van der Waals surface area contributed by atoms with Crippen LogP contribution in [0, 0.1) is 11.8 Å². The van der Waals surface area contributed by atoms with Crippen molar-refractivity contribution in [3.63, 3.8) is 0 Å². The second-order valence-corrected chi connectivity index (χ2v) is 14.4. The average molecular weight is 394 g/mol. The molecule has 27 heavy (non-hydrogen) atoms. The summed E-state index contributed by atoms with van der Waals surface area (Å²) in [6, 6.07) is 10.7. The molecule has 1 aliphatic heterocycles. The summed E-state index contributed by atoms with van der Waals surface area (Å²) in [5.41, 5.74) is 1.19. The maximum Gasteiger partial charge on any atom is 0.191 e. The zero-order chi connectivity index (χ0) is 20.1. The average Bonchev–Trinajstić information content (AvgIpc) is 2.61. The molecule has 0 radical (unpaired) electrons. The Hall–Kier alpha value is -0.723. The fourth-order valence-electron chi connectivity index (χ4n) is 3.40. The molecule has 0 amide bonds. The summed E-state index contributed by atoms with van der Waals surface area (Å²) in [7, 11) is -1.74. The number of aliphatic hydroxyl groups is 1. The van der Waals surface area contributed by atoms with Crippen LogP contribution in [0.3, 0.4) is 0 Å². The van der Waals surface area contributed by atoms with Crippen molar-refractivity contribution in [2.45, 2.75) is 70.9 Å². The first-order chi connectivity index (χ1) is 12.6. The van der Waals surface area contributed by atoms with Crippen molar-refractivity contribution >= 4 is 8.32 Å². The molecular formula is C22H39NO3Si. The fourth-order valence-corrected chi connectivity index (χ4v) is 4.46. The van der Waals surface area contributed by atoms with Crippen molar-refractivity contribution in [1.29, 1.82) is 0 Å². The van der Waals surface area contributed by atoms with Crippen LogP contribution in [0.25, 0.3) is 0 Å². The van der Waals surface area contributed by atoms with Crippen LogP contribution in [0.5, 0.6) is 0 Å². The summed E-state index contributed by atoms with van der Waals surface area (Å²) in [4.78, 5) is 0. The Balaban J connectivity index is 1.90. The van der Waals surface area contributed by atoms with E-state index in [1.54, 1.807) is 0 Å². The standard InChI is InChI=1S/C22H39NO3Si/c1-17-19(16-26-27(5,6)22(2,3)4)12-20(21(13-24)23-17)15-25-14-18-10-8-7-9-11-18/h7-11,17,19-21,23-24H,12-16H2,1-6H3/t17-,19+,20-,21+/m1/s1. The van der Waals surface area contributed by atoms with Gasteiger partial charge in [0.15, 0.2) is 8.32 Å². The number of ether oxygens (including phenoxy) is 1. The van der Waals surface area contributed by atoms with Gasteiger partial charge < -0.3 is 19.6 Å². The lowest BCUT2D eigenvalue weighted by Gasteiger charge is -2.43. The minimum Gasteiger partial charge on any atom is -0.416 e. The van der Waals surface area contributed by atoms with Gasteiger partial charge in [-0.25, -0.2) is 0 Å². The van der Waals surface area contributed by atoms with E-state index in [9.17, 15) is 5.11 Å². The molecule has 5 heteroatoms. The predicted octanol–water partition coefficient (Wildman–Crippen LogP) is 4.20. The van der Waals surface area contributed by atoms with E-state index in [-0.39, 0.29) is 17.7 Å². The highest BCUT2D eigenvalue weighted by molar-refractivity contribution is 6.74. The first kappa shape index (κ1) is 22.6. The second kappa shape index (κ2) is 9.66. The van der Waals surface area contributed by atoms with Gasteiger partial charge in [0.2, 0.25) is 0 Å². The lowest BCUT2D eigenvalue weighted by Crippen LogP contribution is -2.55. The molecule has 0 spiro atoms. The van der Waals surface area contributed by atoms with Crippen LogP contribution < -0.4 is 5.32 Å². The largest absolute Gasteiger partial charge is 0.416 e. The highest BCUT2D eigenvalue weighted by Crippen LogP contribution is 2.37. The minimum atomic E-state index is -1.74. The van der Waals surface area contributed by atoms with E-state index in [0.717, 1.165) is 13.0 Å². The van der Waals surface area contributed by atoms with E-state index in [1.807, 2.05) is 18.2 Å². The molecule has 0 saturated carbocycles. The number of nitrogens with one attached hydrogen (secondary N) is 1. The van der Waals surface area contributed by atoms with Gasteiger partial charge in [0.25, 0.3) is 0 Å². The lowest BCUT2D eigenvalue weighted by atomic mass is 9.81. The van der Waals surface area contributed by atoms with Crippen molar-refractivity contribution in [1.82, 2.24) is 5.32 Å². The monoisotopic (exact) mass is 393 g/mol. The molecule has 1 aliphatic rings. The van der Waals surface area contributed by atoms with E-state index < -0.39 is 8.32 Å². The van der Waals surface area contributed by atoms with Crippen LogP contribution in [0.4, 0.5) is 0 Å². The van der Waals surface area contributed by atoms with E-state index in [4.69, 9.17) is 9.16 Å². The Bertz CT molecular complexity index is 558. The van der Waals surface area contributed by atoms with Gasteiger partial charge >= 0.3 is 0 Å². The summed E-state index contributed by atoms with van der Waals surface area (Å²) >= 11 is 0. The Morgan fingerprint density at radius 2 is 1.78 bits per heavy atom. The van der Waals surface area contributed by atoms with Gasteiger partial charge in [-0.1, -0.05) is 51.1 Å². The van der Waals surface area contributed by atoms with Gasteiger partial charge in [0.05, 0.1) is 19.8 Å². The second-order valence-electron chi connectivity index (χ2n) is 9.57. The maximum atomic E-state index is 9.81. The Kier molecular flexibility index (Phi) is 8.07. The van der Waals surface area contributed by atoms with Crippen LogP contribution in [0.15, 0.2) is 30.3 Å². The van der Waals surface area contributed by atoms with Gasteiger partial charge in [-0.15, -0.1) is 0 Å². The van der Waals surface area contributed by atoms with Crippen molar-refractivity contribution in [3.05, 3.63) is 35.9 Å². The topological polar surface area (TPSA) is 50.7 Å². The molecule has 1 aromatic rings. The van der Waals surface area contributed by atoms with E-state index >= 15 is 0 Å². The molecular weight excluding hydrogens is 354 g/mol. The maximum absolute atomic E-state index is 9.81. The normalized spacial score (nSPS) is 26.9. The molecule has 2 rings (SSSR count). The molecule has 154 valence electrons. The zero-order valence-electron chi connectivity index (χ0n) is 18.0. The van der Waals surface area contributed by atoms with Gasteiger partial charge in [0.1, 0.15) is 0 Å². The smallest absolute Gasteiger partial charge is 0.191 e. The highest BCUT2D eigenvalue weighted by Gasteiger charge is 2.40. The van der Waals surface area contributed by atoms with Crippen LogP contribution in [0.1, 0.15) is 39.7 Å². The number of hydrogen-bond acceptors (Lipinski definition) is 4. The van der Waals surface area contributed by atoms with Crippen molar-refractivity contribution < 1.29 is 14.3 Å². The van der Waals surface area contributed by atoms with Crippen LogP contribution >= 0.6 is 0 Å². The van der Waals surface area contributed by atoms with Crippen molar-refractivity contribution in [2.75, 3.05) is 19.8 Å². The number of piperidine rings is 1. The third kappa shape index (κ3) is 6.40. The quantitative estimate of drug-likeness (QED) is 0.650. The molecule has 0 unspecified atom stereocenters. The molecule has 0 aliphatic carbocycles. The molecule has 4 atom stereocenters. The minimum absolute atomic E-state index is 0.0971. The molecule has 2 N–H and O–H groups in total. The third-order valence-corrected chi connectivity index (χ3v) is 11.0. The summed E-state index contributed by atoms with van der Waals surface area (Å²) in [6.07, 6.45) is 1.03. The van der Waals surface area contributed by atoms with Gasteiger partial charge in [-0.3, -0.25) is 0 Å². The summed E-state index contributed by atoms with van der Waals surface area (Å²) in [6.45, 7) is 15.9. The molecule has 1 aromatic carbocycles. The van der Waals surface area contributed by atoms with Crippen LogP contribution in [0.2, 0.25) is 18.1 Å². The first-order valence-corrected chi connectivity index (χ1v) is 13.2. The Morgan fingerprint density at radius 1 is 1.11 bits per heavy atom.